The number of halogens is 1. The van der Waals surface area contributed by atoms with Gasteiger partial charge in [-0.25, -0.2) is 4.79 Å². The van der Waals surface area contributed by atoms with E-state index in [9.17, 15) is 9.59 Å². The number of nitriles is 1. The van der Waals surface area contributed by atoms with Crippen LogP contribution in [0.2, 0.25) is 5.02 Å². The van der Waals surface area contributed by atoms with E-state index in [0.29, 0.717) is 5.56 Å². The van der Waals surface area contributed by atoms with Gasteiger partial charge in [0, 0.05) is 18.7 Å². The first-order chi connectivity index (χ1) is 13.5. The zero-order chi connectivity index (χ0) is 20.5. The van der Waals surface area contributed by atoms with Crippen LogP contribution in [-0.4, -0.2) is 38.9 Å². The minimum atomic E-state index is -0.582. The summed E-state index contributed by atoms with van der Waals surface area (Å²) in [5.41, 5.74) is 0.738. The summed E-state index contributed by atoms with van der Waals surface area (Å²) in [6.07, 6.45) is 0. The average Bonchev–Trinajstić information content (AvgIpc) is 2.71. The minimum Gasteiger partial charge on any atom is -0.481 e. The number of ether oxygens (including phenoxy) is 4. The van der Waals surface area contributed by atoms with Crippen molar-refractivity contribution < 1.29 is 28.5 Å². The first-order valence-electron chi connectivity index (χ1n) is 8.28. The second-order valence-corrected chi connectivity index (χ2v) is 5.85. The van der Waals surface area contributed by atoms with E-state index >= 15 is 0 Å². The molecule has 0 fully saturated rings. The summed E-state index contributed by atoms with van der Waals surface area (Å²) < 4.78 is 20.5. The third-order valence-corrected chi connectivity index (χ3v) is 3.81. The highest BCUT2D eigenvalue weighted by Gasteiger charge is 2.20. The molecule has 0 saturated heterocycles. The molecular formula is C20H18ClNO6. The van der Waals surface area contributed by atoms with Gasteiger partial charge in [-0.3, -0.25) is 4.79 Å². The highest BCUT2D eigenvalue weighted by atomic mass is 35.5. The number of rotatable bonds is 9. The molecule has 0 saturated carbocycles. The molecule has 0 aliphatic carbocycles. The van der Waals surface area contributed by atoms with Crippen LogP contribution in [0, 0.1) is 11.3 Å². The molecule has 0 radical (unpaired) electrons. The van der Waals surface area contributed by atoms with Crippen LogP contribution >= 0.6 is 11.6 Å². The lowest BCUT2D eigenvalue weighted by molar-refractivity contribution is -0.145. The lowest BCUT2D eigenvalue weighted by Gasteiger charge is -2.14. The molecule has 146 valence electrons. The molecule has 7 nitrogen and oxygen atoms in total. The Kier molecular flexibility index (Phi) is 7.81. The largest absolute Gasteiger partial charge is 0.481 e. The molecular weight excluding hydrogens is 386 g/mol. The highest BCUT2D eigenvalue weighted by molar-refractivity contribution is 6.32. The molecule has 0 unspecified atom stereocenters. The van der Waals surface area contributed by atoms with Crippen LogP contribution in [0.25, 0.3) is 0 Å². The van der Waals surface area contributed by atoms with Crippen molar-refractivity contribution in [2.45, 2.75) is 6.92 Å². The van der Waals surface area contributed by atoms with Gasteiger partial charge in [-0.2, -0.15) is 5.26 Å². The third-order valence-electron chi connectivity index (χ3n) is 3.52. The van der Waals surface area contributed by atoms with Gasteiger partial charge in [0.25, 0.3) is 0 Å². The molecule has 0 spiro atoms. The monoisotopic (exact) mass is 403 g/mol. The molecule has 0 amide bonds. The summed E-state index contributed by atoms with van der Waals surface area (Å²) in [5, 5.41) is 9.21. The zero-order valence-corrected chi connectivity index (χ0v) is 16.1. The molecule has 0 heterocycles. The van der Waals surface area contributed by atoms with Gasteiger partial charge in [0.1, 0.15) is 11.5 Å². The van der Waals surface area contributed by atoms with Crippen molar-refractivity contribution in [2.24, 2.45) is 0 Å². The summed E-state index contributed by atoms with van der Waals surface area (Å²) >= 11 is 6.21. The Morgan fingerprint density at radius 3 is 2.61 bits per heavy atom. The number of benzene rings is 2. The van der Waals surface area contributed by atoms with E-state index in [1.165, 1.54) is 25.3 Å². The summed E-state index contributed by atoms with van der Waals surface area (Å²) in [7, 11) is 1.45. The molecule has 0 aromatic heterocycles. The number of hydrogen-bond donors (Lipinski definition) is 0. The number of methoxy groups -OCH3 is 1. The van der Waals surface area contributed by atoms with Crippen LogP contribution in [0.15, 0.2) is 36.4 Å². The first-order valence-corrected chi connectivity index (χ1v) is 8.66. The fourth-order valence-corrected chi connectivity index (χ4v) is 2.51. The van der Waals surface area contributed by atoms with Crippen molar-refractivity contribution in [3.8, 4) is 17.6 Å². The Morgan fingerprint density at radius 2 is 1.93 bits per heavy atom. The predicted molar refractivity (Wildman–Crippen MR) is 101 cm³/mol. The van der Waals surface area contributed by atoms with Crippen molar-refractivity contribution in [3.63, 3.8) is 0 Å². The molecule has 2 aromatic carbocycles. The summed E-state index contributed by atoms with van der Waals surface area (Å²) in [4.78, 5) is 24.6. The van der Waals surface area contributed by atoms with Crippen molar-refractivity contribution in [2.75, 3.05) is 27.1 Å². The Labute approximate surface area is 167 Å². The number of nitrogens with zero attached hydrogens (tertiary/aromatic N) is 1. The maximum Gasteiger partial charge on any atom is 0.344 e. The number of esters is 1. The molecule has 8 heteroatoms. The van der Waals surface area contributed by atoms with Crippen molar-refractivity contribution in [1.82, 2.24) is 0 Å². The van der Waals surface area contributed by atoms with Crippen LogP contribution in [-0.2, 0) is 14.3 Å². The second kappa shape index (κ2) is 10.3. The van der Waals surface area contributed by atoms with Crippen molar-refractivity contribution in [3.05, 3.63) is 58.1 Å². The van der Waals surface area contributed by atoms with Gasteiger partial charge < -0.3 is 18.9 Å². The third kappa shape index (κ3) is 5.46. The van der Waals surface area contributed by atoms with Gasteiger partial charge in [0.2, 0.25) is 0 Å². The molecule has 28 heavy (non-hydrogen) atoms. The molecule has 0 aliphatic heterocycles. The molecule has 2 rings (SSSR count). The summed E-state index contributed by atoms with van der Waals surface area (Å²) in [6, 6.07) is 11.0. The summed E-state index contributed by atoms with van der Waals surface area (Å²) in [6.45, 7) is 1.43. The fourth-order valence-electron chi connectivity index (χ4n) is 2.29. The Morgan fingerprint density at radius 1 is 1.14 bits per heavy atom. The fraction of sp³-hybridized carbons (Fsp3) is 0.250. The Bertz CT molecular complexity index is 906. The lowest BCUT2D eigenvalue weighted by Crippen LogP contribution is -2.16. The molecule has 0 N–H and O–H groups in total. The van der Waals surface area contributed by atoms with Gasteiger partial charge >= 0.3 is 5.97 Å². The second-order valence-electron chi connectivity index (χ2n) is 5.45. The lowest BCUT2D eigenvalue weighted by atomic mass is 10.0. The zero-order valence-electron chi connectivity index (χ0n) is 15.4. The van der Waals surface area contributed by atoms with Crippen LogP contribution in [0.4, 0.5) is 0 Å². The number of carbonyl (C=O) groups is 2. The van der Waals surface area contributed by atoms with E-state index in [1.54, 1.807) is 25.1 Å². The van der Waals surface area contributed by atoms with Crippen molar-refractivity contribution >= 4 is 23.4 Å². The van der Waals surface area contributed by atoms with Gasteiger partial charge in [-0.15, -0.1) is 0 Å². The molecule has 0 aliphatic rings. The van der Waals surface area contributed by atoms with E-state index in [4.69, 9.17) is 35.8 Å². The number of hydrogen-bond acceptors (Lipinski definition) is 7. The highest BCUT2D eigenvalue weighted by Crippen LogP contribution is 2.34. The van der Waals surface area contributed by atoms with Crippen LogP contribution in [0.3, 0.4) is 0 Å². The van der Waals surface area contributed by atoms with Crippen LogP contribution in [0.5, 0.6) is 11.5 Å². The Hall–Kier alpha value is -3.08. The first kappa shape index (κ1) is 21.2. The minimum absolute atomic E-state index is 0.0610. The standard InChI is InChI=1S/C20H18ClNO6/c1-3-26-19(23)11-27-17-9-18(28-12-25-2)16(21)8-15(17)20(24)14-6-4-5-13(7-14)10-22/h4-9H,3,11-12H2,1-2H3. The van der Waals surface area contributed by atoms with E-state index in [2.05, 4.69) is 0 Å². The molecule has 0 bridgehead atoms. The molecule has 0 atom stereocenters. The van der Waals surface area contributed by atoms with E-state index < -0.39 is 18.4 Å². The van der Waals surface area contributed by atoms with Gasteiger partial charge in [0.15, 0.2) is 19.2 Å². The number of carbonyl (C=O) groups excluding carboxylic acids is 2. The van der Waals surface area contributed by atoms with E-state index in [-0.39, 0.29) is 41.0 Å². The SMILES string of the molecule is CCOC(=O)COc1cc(OCOC)c(Cl)cc1C(=O)c1cccc(C#N)c1. The normalized spacial score (nSPS) is 10.1. The molecule has 2 aromatic rings. The van der Waals surface area contributed by atoms with Gasteiger partial charge in [0.05, 0.1) is 28.8 Å². The maximum atomic E-state index is 13.0. The number of ketones is 1. The maximum absolute atomic E-state index is 13.0. The topological polar surface area (TPSA) is 94.8 Å². The smallest absolute Gasteiger partial charge is 0.344 e. The average molecular weight is 404 g/mol. The van der Waals surface area contributed by atoms with E-state index in [1.807, 2.05) is 6.07 Å². The van der Waals surface area contributed by atoms with Crippen LogP contribution < -0.4 is 9.47 Å². The van der Waals surface area contributed by atoms with E-state index in [0.717, 1.165) is 0 Å². The Balaban J connectivity index is 2.41. The quantitative estimate of drug-likeness (QED) is 0.360. The van der Waals surface area contributed by atoms with Crippen molar-refractivity contribution in [1.29, 1.82) is 5.26 Å². The predicted octanol–water partition coefficient (Wildman–Crippen LogP) is 3.37. The van der Waals surface area contributed by atoms with Crippen LogP contribution in [0.1, 0.15) is 28.4 Å². The van der Waals surface area contributed by atoms with Gasteiger partial charge in [-0.1, -0.05) is 23.7 Å². The summed E-state index contributed by atoms with van der Waals surface area (Å²) in [5.74, 6) is -0.682. The van der Waals surface area contributed by atoms with Gasteiger partial charge in [-0.05, 0) is 25.1 Å².